The van der Waals surface area contributed by atoms with Crippen LogP contribution < -0.4 is 10.9 Å². The number of hydrogen-bond donors (Lipinski definition) is 1. The molecule has 0 amide bonds. The number of aromatic nitrogens is 2. The highest BCUT2D eigenvalue weighted by atomic mass is 35.5. The van der Waals surface area contributed by atoms with Crippen LogP contribution >= 0.6 is 23.4 Å². The van der Waals surface area contributed by atoms with Crippen molar-refractivity contribution >= 4 is 34.7 Å². The molecule has 0 fully saturated rings. The van der Waals surface area contributed by atoms with Gasteiger partial charge in [-0.1, -0.05) is 32.4 Å². The first-order chi connectivity index (χ1) is 11.7. The number of nitro benzene ring substituents is 1. The Kier molecular flexibility index (Phi) is 6.07. The van der Waals surface area contributed by atoms with Gasteiger partial charge in [0.1, 0.15) is 5.02 Å². The molecule has 134 valence electrons. The molecule has 25 heavy (non-hydrogen) atoms. The van der Waals surface area contributed by atoms with Crippen molar-refractivity contribution in [2.24, 2.45) is 0 Å². The van der Waals surface area contributed by atoms with Crippen molar-refractivity contribution in [3.8, 4) is 5.69 Å². The average Bonchev–Trinajstić information content (AvgIpc) is 2.54. The number of hydrogen-bond acceptors (Lipinski definition) is 6. The van der Waals surface area contributed by atoms with Gasteiger partial charge in [0.05, 0.1) is 22.5 Å². The van der Waals surface area contributed by atoms with Gasteiger partial charge < -0.3 is 5.32 Å². The van der Waals surface area contributed by atoms with Crippen molar-refractivity contribution < 1.29 is 4.92 Å². The predicted molar refractivity (Wildman–Crippen MR) is 102 cm³/mol. The summed E-state index contributed by atoms with van der Waals surface area (Å²) in [6.45, 7) is 7.07. The third-order valence-electron chi connectivity index (χ3n) is 3.18. The summed E-state index contributed by atoms with van der Waals surface area (Å²) in [5.41, 5.74) is 0.341. The van der Waals surface area contributed by atoms with Gasteiger partial charge in [-0.05, 0) is 12.1 Å². The van der Waals surface area contributed by atoms with Gasteiger partial charge in [0.2, 0.25) is 0 Å². The minimum absolute atomic E-state index is 0.0362. The van der Waals surface area contributed by atoms with Crippen molar-refractivity contribution in [3.63, 3.8) is 0 Å². The Morgan fingerprint density at radius 3 is 2.52 bits per heavy atom. The van der Waals surface area contributed by atoms with E-state index in [4.69, 9.17) is 11.6 Å². The summed E-state index contributed by atoms with van der Waals surface area (Å²) in [6, 6.07) is 5.53. The largest absolute Gasteiger partial charge is 0.382 e. The van der Waals surface area contributed by atoms with Gasteiger partial charge >= 0.3 is 0 Å². The van der Waals surface area contributed by atoms with E-state index in [1.165, 1.54) is 30.5 Å². The highest BCUT2D eigenvalue weighted by Gasteiger charge is 2.13. The van der Waals surface area contributed by atoms with Gasteiger partial charge in [0.15, 0.2) is 0 Å². The second-order valence-corrected chi connectivity index (χ2v) is 8.55. The lowest BCUT2D eigenvalue weighted by atomic mass is 10.3. The third kappa shape index (κ3) is 5.20. The molecule has 0 unspecified atom stereocenters. The number of anilines is 1. The molecule has 1 N–H and O–H groups in total. The van der Waals surface area contributed by atoms with E-state index in [9.17, 15) is 14.9 Å². The lowest BCUT2D eigenvalue weighted by Crippen LogP contribution is -2.23. The zero-order valence-corrected chi connectivity index (χ0v) is 15.7. The molecular formula is C16H19ClN4O3S. The van der Waals surface area contributed by atoms with Crippen molar-refractivity contribution in [2.75, 3.05) is 17.6 Å². The Morgan fingerprint density at radius 2 is 1.96 bits per heavy atom. The van der Waals surface area contributed by atoms with Crippen LogP contribution in [0.4, 0.5) is 11.4 Å². The fourth-order valence-electron chi connectivity index (χ4n) is 2.00. The lowest BCUT2D eigenvalue weighted by Gasteiger charge is -2.18. The maximum absolute atomic E-state index is 12.4. The molecule has 0 saturated heterocycles. The van der Waals surface area contributed by atoms with E-state index in [0.29, 0.717) is 17.9 Å². The molecule has 1 aromatic heterocycles. The Labute approximate surface area is 154 Å². The van der Waals surface area contributed by atoms with Crippen molar-refractivity contribution in [3.05, 3.63) is 56.0 Å². The van der Waals surface area contributed by atoms with Crippen LogP contribution in [0.5, 0.6) is 0 Å². The summed E-state index contributed by atoms with van der Waals surface area (Å²) < 4.78 is 1.28. The maximum Gasteiger partial charge on any atom is 0.292 e. The van der Waals surface area contributed by atoms with Crippen LogP contribution in [0.2, 0.25) is 5.02 Å². The van der Waals surface area contributed by atoms with Gasteiger partial charge in [0.25, 0.3) is 11.2 Å². The molecule has 7 nitrogen and oxygen atoms in total. The molecule has 2 rings (SSSR count). The van der Waals surface area contributed by atoms with Crippen LogP contribution in [0.25, 0.3) is 5.69 Å². The Bertz CT molecular complexity index is 816. The Hall–Kier alpha value is -2.06. The number of halogens is 1. The van der Waals surface area contributed by atoms with Gasteiger partial charge in [-0.2, -0.15) is 21.5 Å². The van der Waals surface area contributed by atoms with Crippen molar-refractivity contribution in [1.82, 2.24) is 9.78 Å². The average molecular weight is 383 g/mol. The van der Waals surface area contributed by atoms with E-state index in [1.807, 2.05) is 0 Å². The summed E-state index contributed by atoms with van der Waals surface area (Å²) >= 11 is 7.95. The summed E-state index contributed by atoms with van der Waals surface area (Å²) in [7, 11) is 0. The van der Waals surface area contributed by atoms with E-state index >= 15 is 0 Å². The molecule has 0 aliphatic carbocycles. The molecular weight excluding hydrogens is 364 g/mol. The highest BCUT2D eigenvalue weighted by Crippen LogP contribution is 2.23. The highest BCUT2D eigenvalue weighted by molar-refractivity contribution is 8.00. The van der Waals surface area contributed by atoms with Crippen molar-refractivity contribution in [1.29, 1.82) is 0 Å². The number of nitrogens with one attached hydrogen (secondary N) is 1. The third-order valence-corrected chi connectivity index (χ3v) is 4.82. The molecule has 0 radical (unpaired) electrons. The Balaban J connectivity index is 2.14. The fraction of sp³-hybridized carbons (Fsp3) is 0.375. The first-order valence-corrected chi connectivity index (χ1v) is 8.96. The molecule has 0 spiro atoms. The monoisotopic (exact) mass is 382 g/mol. The normalized spacial score (nSPS) is 11.4. The molecule has 0 atom stereocenters. The minimum Gasteiger partial charge on any atom is -0.382 e. The number of benzene rings is 1. The van der Waals surface area contributed by atoms with Gasteiger partial charge in [-0.3, -0.25) is 14.9 Å². The van der Waals surface area contributed by atoms with Gasteiger partial charge in [-0.25, -0.2) is 0 Å². The summed E-state index contributed by atoms with van der Waals surface area (Å²) in [6.07, 6.45) is 1.48. The number of thioether (sulfide) groups is 1. The van der Waals surface area contributed by atoms with E-state index in [2.05, 4.69) is 31.2 Å². The SMILES string of the molecule is CC(C)(C)SCCNc1cnn(-c2ccc([N+](=O)[O-])cc2)c(=O)c1Cl. The first-order valence-electron chi connectivity index (χ1n) is 7.59. The summed E-state index contributed by atoms with van der Waals surface area (Å²) in [5, 5.41) is 17.9. The minimum atomic E-state index is -0.504. The maximum atomic E-state index is 12.4. The van der Waals surface area contributed by atoms with Crippen LogP contribution in [-0.4, -0.2) is 31.7 Å². The molecule has 1 heterocycles. The van der Waals surface area contributed by atoms with Gasteiger partial charge in [0, 0.05) is 29.2 Å². The second kappa shape index (κ2) is 7.88. The zero-order chi connectivity index (χ0) is 18.6. The molecule has 0 aliphatic rings. The Morgan fingerprint density at radius 1 is 1.32 bits per heavy atom. The second-order valence-electron chi connectivity index (χ2n) is 6.25. The van der Waals surface area contributed by atoms with Crippen LogP contribution in [0.3, 0.4) is 0 Å². The summed E-state index contributed by atoms with van der Waals surface area (Å²) in [4.78, 5) is 22.6. The van der Waals surface area contributed by atoms with Crippen LogP contribution in [0, 0.1) is 10.1 Å². The molecule has 0 aliphatic heterocycles. The van der Waals surface area contributed by atoms with E-state index in [1.54, 1.807) is 11.8 Å². The standard InChI is InChI=1S/C16H19ClN4O3S/c1-16(2,3)25-9-8-18-13-10-19-20(15(22)14(13)17)11-4-6-12(7-5-11)21(23)24/h4-7,10,18H,8-9H2,1-3H3. The predicted octanol–water partition coefficient (Wildman–Crippen LogP) is 3.74. The van der Waals surface area contributed by atoms with Gasteiger partial charge in [-0.15, -0.1) is 0 Å². The number of non-ortho nitro benzene ring substituents is 1. The number of nitrogens with zero attached hydrogens (tertiary/aromatic N) is 3. The summed E-state index contributed by atoms with van der Waals surface area (Å²) in [5.74, 6) is 0.866. The van der Waals surface area contributed by atoms with Crippen LogP contribution in [0.15, 0.2) is 35.3 Å². The molecule has 0 saturated carbocycles. The molecule has 2 aromatic rings. The molecule has 0 bridgehead atoms. The smallest absolute Gasteiger partial charge is 0.292 e. The van der Waals surface area contributed by atoms with Crippen molar-refractivity contribution in [2.45, 2.75) is 25.5 Å². The van der Waals surface area contributed by atoms with E-state index in [0.717, 1.165) is 10.4 Å². The van der Waals surface area contributed by atoms with Crippen LogP contribution in [-0.2, 0) is 0 Å². The molecule has 1 aromatic carbocycles. The van der Waals surface area contributed by atoms with E-state index < -0.39 is 10.5 Å². The topological polar surface area (TPSA) is 90.1 Å². The quantitative estimate of drug-likeness (QED) is 0.465. The number of nitro groups is 1. The molecule has 9 heteroatoms. The fourth-order valence-corrected chi connectivity index (χ4v) is 3.01. The zero-order valence-electron chi connectivity index (χ0n) is 14.2. The van der Waals surface area contributed by atoms with E-state index in [-0.39, 0.29) is 15.5 Å². The lowest BCUT2D eigenvalue weighted by molar-refractivity contribution is -0.384. The first kappa shape index (κ1) is 19.3. The number of rotatable bonds is 6. The van der Waals surface area contributed by atoms with Crippen LogP contribution in [0.1, 0.15) is 20.8 Å².